The maximum atomic E-state index is 2.40. The Morgan fingerprint density at radius 3 is 1.11 bits per heavy atom. The van der Waals surface area contributed by atoms with Gasteiger partial charge in [-0.15, -0.1) is 0 Å². The highest BCUT2D eigenvalue weighted by atomic mass is 15.1. The molecule has 0 spiro atoms. The second-order valence-corrected chi connectivity index (χ2v) is 9.61. The molecule has 0 aliphatic heterocycles. The summed E-state index contributed by atoms with van der Waals surface area (Å²) in [5.41, 5.74) is 8.36. The zero-order chi connectivity index (χ0) is 25.3. The highest BCUT2D eigenvalue weighted by Crippen LogP contribution is 2.26. The second-order valence-electron chi connectivity index (χ2n) is 9.61. The van der Waals surface area contributed by atoms with Crippen molar-refractivity contribution < 1.29 is 0 Å². The quantitative estimate of drug-likeness (QED) is 0.203. The zero-order valence-corrected chi connectivity index (χ0v) is 22.6. The Balaban J connectivity index is 1.44. The maximum Gasteiger partial charge on any atom is 0.0366 e. The van der Waals surface area contributed by atoms with Gasteiger partial charge in [-0.25, -0.2) is 0 Å². The summed E-state index contributed by atoms with van der Waals surface area (Å²) in [6.07, 6.45) is 4.28. The van der Waals surface area contributed by atoms with Crippen molar-refractivity contribution in [3.8, 4) is 0 Å². The number of fused-ring (bicyclic) bond motifs is 1. The van der Waals surface area contributed by atoms with Crippen molar-refractivity contribution in [3.63, 3.8) is 0 Å². The summed E-state index contributed by atoms with van der Waals surface area (Å²) in [5.74, 6) is 0. The minimum Gasteiger partial charge on any atom is -0.372 e. The molecule has 2 nitrogen and oxygen atoms in total. The minimum atomic E-state index is 1.05. The molecule has 0 fully saturated rings. The lowest BCUT2D eigenvalue weighted by atomic mass is 9.93. The fourth-order valence-electron chi connectivity index (χ4n) is 5.34. The fourth-order valence-corrected chi connectivity index (χ4v) is 5.34. The lowest BCUT2D eigenvalue weighted by molar-refractivity contribution is 0.864. The van der Waals surface area contributed by atoms with Crippen LogP contribution in [0.25, 0.3) is 10.8 Å². The molecule has 0 aromatic heterocycles. The molecular formula is C34H42N2. The predicted octanol–water partition coefficient (Wildman–Crippen LogP) is 8.10. The van der Waals surface area contributed by atoms with Gasteiger partial charge >= 0.3 is 0 Å². The number of hydrogen-bond acceptors (Lipinski definition) is 2. The van der Waals surface area contributed by atoms with E-state index in [0.717, 1.165) is 51.9 Å². The largest absolute Gasteiger partial charge is 0.372 e. The molecule has 0 bridgehead atoms. The Kier molecular flexibility index (Phi) is 9.06. The molecule has 0 heterocycles. The van der Waals surface area contributed by atoms with Crippen molar-refractivity contribution >= 4 is 22.1 Å². The van der Waals surface area contributed by atoms with Gasteiger partial charge in [0, 0.05) is 37.6 Å². The number of benzene rings is 4. The third-order valence-corrected chi connectivity index (χ3v) is 7.60. The van der Waals surface area contributed by atoms with E-state index in [1.54, 1.807) is 0 Å². The molecule has 4 rings (SSSR count). The van der Waals surface area contributed by atoms with Gasteiger partial charge < -0.3 is 9.80 Å². The van der Waals surface area contributed by atoms with Crippen molar-refractivity contribution in [2.24, 2.45) is 0 Å². The number of rotatable bonds is 12. The highest BCUT2D eigenvalue weighted by Gasteiger charge is 2.08. The monoisotopic (exact) mass is 478 g/mol. The zero-order valence-electron chi connectivity index (χ0n) is 22.6. The van der Waals surface area contributed by atoms with Crippen LogP contribution < -0.4 is 9.80 Å². The van der Waals surface area contributed by atoms with Crippen LogP contribution in [-0.4, -0.2) is 26.2 Å². The number of anilines is 2. The molecule has 188 valence electrons. The van der Waals surface area contributed by atoms with Crippen molar-refractivity contribution in [2.45, 2.75) is 53.4 Å². The molecule has 0 aliphatic carbocycles. The van der Waals surface area contributed by atoms with E-state index in [4.69, 9.17) is 0 Å². The molecule has 0 aliphatic rings. The Bertz CT molecular complexity index is 1120. The summed E-state index contributed by atoms with van der Waals surface area (Å²) in [5, 5.41) is 2.82. The summed E-state index contributed by atoms with van der Waals surface area (Å²) in [7, 11) is 0. The Morgan fingerprint density at radius 1 is 0.417 bits per heavy atom. The van der Waals surface area contributed by atoms with Crippen LogP contribution in [0.5, 0.6) is 0 Å². The normalized spacial score (nSPS) is 11.1. The van der Waals surface area contributed by atoms with E-state index >= 15 is 0 Å². The molecule has 0 radical (unpaired) electrons. The standard InChI is InChI=1S/C34H42N2/c1-5-35(6-2)31-23-15-27(16-24-31)13-19-29-21-22-30(34-12-10-9-11-33(29)34)20-14-28-17-25-32(26-18-28)36(7-3)8-4/h9-12,15-18,21-26H,5-8,13-14,19-20H2,1-4H3. The van der Waals surface area contributed by atoms with Gasteiger partial charge in [-0.2, -0.15) is 0 Å². The first kappa shape index (κ1) is 25.8. The van der Waals surface area contributed by atoms with Gasteiger partial charge in [0.05, 0.1) is 0 Å². The topological polar surface area (TPSA) is 6.48 Å². The van der Waals surface area contributed by atoms with Crippen LogP contribution in [0.3, 0.4) is 0 Å². The molecule has 0 saturated heterocycles. The number of nitrogens with zero attached hydrogens (tertiary/aromatic N) is 2. The number of hydrogen-bond donors (Lipinski definition) is 0. The van der Waals surface area contributed by atoms with Gasteiger partial charge in [0.15, 0.2) is 0 Å². The SMILES string of the molecule is CCN(CC)c1ccc(CCc2ccc(CCc3ccc(N(CC)CC)cc3)c3ccccc23)cc1. The van der Waals surface area contributed by atoms with Crippen LogP contribution in [0, 0.1) is 0 Å². The Morgan fingerprint density at radius 2 is 0.778 bits per heavy atom. The van der Waals surface area contributed by atoms with E-state index < -0.39 is 0 Å². The van der Waals surface area contributed by atoms with E-state index in [9.17, 15) is 0 Å². The van der Waals surface area contributed by atoms with Crippen molar-refractivity contribution in [1.29, 1.82) is 0 Å². The minimum absolute atomic E-state index is 1.05. The predicted molar refractivity (Wildman–Crippen MR) is 159 cm³/mol. The van der Waals surface area contributed by atoms with Crippen LogP contribution >= 0.6 is 0 Å². The fraction of sp³-hybridized carbons (Fsp3) is 0.353. The Labute approximate surface area is 218 Å². The van der Waals surface area contributed by atoms with E-state index in [2.05, 4.69) is 122 Å². The highest BCUT2D eigenvalue weighted by molar-refractivity contribution is 5.88. The second kappa shape index (κ2) is 12.6. The molecule has 0 saturated carbocycles. The molecule has 4 aromatic rings. The van der Waals surface area contributed by atoms with Crippen LogP contribution in [-0.2, 0) is 25.7 Å². The molecule has 4 aromatic carbocycles. The van der Waals surface area contributed by atoms with E-state index in [-0.39, 0.29) is 0 Å². The molecular weight excluding hydrogens is 436 g/mol. The van der Waals surface area contributed by atoms with Crippen LogP contribution in [0.15, 0.2) is 84.9 Å². The first-order valence-electron chi connectivity index (χ1n) is 13.8. The third-order valence-electron chi connectivity index (χ3n) is 7.60. The van der Waals surface area contributed by atoms with Gasteiger partial charge in [0.25, 0.3) is 0 Å². The average molecular weight is 479 g/mol. The molecule has 0 amide bonds. The average Bonchev–Trinajstić information content (AvgIpc) is 2.93. The lowest BCUT2D eigenvalue weighted by Crippen LogP contribution is -2.21. The summed E-state index contributed by atoms with van der Waals surface area (Å²) in [4.78, 5) is 4.80. The van der Waals surface area contributed by atoms with Gasteiger partial charge in [-0.05, 0) is 111 Å². The summed E-state index contributed by atoms with van der Waals surface area (Å²) < 4.78 is 0. The molecule has 0 unspecified atom stereocenters. The van der Waals surface area contributed by atoms with E-state index in [1.165, 1.54) is 44.4 Å². The van der Waals surface area contributed by atoms with Gasteiger partial charge in [0.1, 0.15) is 0 Å². The van der Waals surface area contributed by atoms with Crippen molar-refractivity contribution in [3.05, 3.63) is 107 Å². The van der Waals surface area contributed by atoms with Crippen molar-refractivity contribution in [1.82, 2.24) is 0 Å². The summed E-state index contributed by atoms with van der Waals surface area (Å²) in [6.45, 7) is 13.1. The van der Waals surface area contributed by atoms with Gasteiger partial charge in [0.2, 0.25) is 0 Å². The van der Waals surface area contributed by atoms with Gasteiger partial charge in [-0.1, -0.05) is 60.7 Å². The smallest absolute Gasteiger partial charge is 0.0366 e. The number of aryl methyl sites for hydroxylation is 4. The molecule has 0 N–H and O–H groups in total. The first-order valence-corrected chi connectivity index (χ1v) is 13.8. The summed E-state index contributed by atoms with van der Waals surface area (Å²) in [6, 6.07) is 32.0. The maximum absolute atomic E-state index is 2.40. The molecule has 36 heavy (non-hydrogen) atoms. The lowest BCUT2D eigenvalue weighted by Gasteiger charge is -2.21. The summed E-state index contributed by atoms with van der Waals surface area (Å²) >= 11 is 0. The molecule has 2 heteroatoms. The van der Waals surface area contributed by atoms with E-state index in [0.29, 0.717) is 0 Å². The first-order chi connectivity index (χ1) is 17.7. The van der Waals surface area contributed by atoms with Gasteiger partial charge in [-0.3, -0.25) is 0 Å². The third kappa shape index (κ3) is 6.10. The van der Waals surface area contributed by atoms with Crippen LogP contribution in [0.2, 0.25) is 0 Å². The Hall–Kier alpha value is -3.26. The van der Waals surface area contributed by atoms with E-state index in [1.807, 2.05) is 0 Å². The van der Waals surface area contributed by atoms with Crippen LogP contribution in [0.1, 0.15) is 49.9 Å². The van der Waals surface area contributed by atoms with Crippen molar-refractivity contribution in [2.75, 3.05) is 36.0 Å². The van der Waals surface area contributed by atoms with Crippen LogP contribution in [0.4, 0.5) is 11.4 Å². The molecule has 0 atom stereocenters.